The summed E-state index contributed by atoms with van der Waals surface area (Å²) in [6.07, 6.45) is 7.57. The smallest absolute Gasteiger partial charge is 0.259 e. The SMILES string of the molecule is C=C1c2ccccc2C(=O)N1CC(=O)N(CC)C12CC3CC(CC(C3)C1)C2. The summed E-state index contributed by atoms with van der Waals surface area (Å²) in [6, 6.07) is 7.51. The highest BCUT2D eigenvalue weighted by molar-refractivity contribution is 6.10. The maximum Gasteiger partial charge on any atom is 0.259 e. The summed E-state index contributed by atoms with van der Waals surface area (Å²) in [6.45, 7) is 7.02. The molecule has 1 heterocycles. The fraction of sp³-hybridized carbons (Fsp3) is 0.565. The Kier molecular flexibility index (Phi) is 3.75. The van der Waals surface area contributed by atoms with Gasteiger partial charge in [0.05, 0.1) is 0 Å². The molecule has 0 aromatic heterocycles. The summed E-state index contributed by atoms with van der Waals surface area (Å²) in [4.78, 5) is 29.9. The lowest BCUT2D eigenvalue weighted by molar-refractivity contribution is -0.150. The van der Waals surface area contributed by atoms with Gasteiger partial charge in [0.25, 0.3) is 5.91 Å². The molecule has 6 rings (SSSR count). The molecule has 0 spiro atoms. The number of likely N-dealkylation sites (N-methyl/N-ethyl adjacent to an activating group) is 1. The molecule has 27 heavy (non-hydrogen) atoms. The van der Waals surface area contributed by atoms with Gasteiger partial charge in [0.1, 0.15) is 6.54 Å². The van der Waals surface area contributed by atoms with E-state index in [1.807, 2.05) is 24.3 Å². The van der Waals surface area contributed by atoms with E-state index in [4.69, 9.17) is 0 Å². The van der Waals surface area contributed by atoms with Crippen molar-refractivity contribution in [3.63, 3.8) is 0 Å². The van der Waals surface area contributed by atoms with Crippen LogP contribution in [-0.2, 0) is 4.79 Å². The van der Waals surface area contributed by atoms with Crippen LogP contribution in [-0.4, -0.2) is 40.2 Å². The highest BCUT2D eigenvalue weighted by Gasteiger charge is 2.54. The maximum atomic E-state index is 13.4. The molecule has 0 N–H and O–H groups in total. The van der Waals surface area contributed by atoms with Gasteiger partial charge in [-0.1, -0.05) is 24.8 Å². The minimum Gasteiger partial charge on any atom is -0.336 e. The molecule has 1 aromatic carbocycles. The first kappa shape index (κ1) is 17.0. The predicted molar refractivity (Wildman–Crippen MR) is 105 cm³/mol. The summed E-state index contributed by atoms with van der Waals surface area (Å²) in [5.74, 6) is 2.38. The molecule has 4 saturated carbocycles. The summed E-state index contributed by atoms with van der Waals surface area (Å²) in [5, 5.41) is 0. The Hall–Kier alpha value is -2.10. The topological polar surface area (TPSA) is 40.6 Å². The van der Waals surface area contributed by atoms with Crippen molar-refractivity contribution in [2.45, 2.75) is 51.0 Å². The Balaban J connectivity index is 1.38. The van der Waals surface area contributed by atoms with Gasteiger partial charge < -0.3 is 4.90 Å². The molecule has 0 unspecified atom stereocenters. The monoisotopic (exact) mass is 364 g/mol. The number of fused-ring (bicyclic) bond motifs is 1. The van der Waals surface area contributed by atoms with Crippen LogP contribution in [0.4, 0.5) is 0 Å². The molecule has 0 atom stereocenters. The fourth-order valence-corrected chi connectivity index (χ4v) is 6.89. The van der Waals surface area contributed by atoms with Crippen molar-refractivity contribution in [3.05, 3.63) is 42.0 Å². The van der Waals surface area contributed by atoms with Crippen molar-refractivity contribution in [1.82, 2.24) is 9.80 Å². The van der Waals surface area contributed by atoms with Crippen LogP contribution in [0.2, 0.25) is 0 Å². The van der Waals surface area contributed by atoms with E-state index in [1.54, 1.807) is 4.90 Å². The number of nitrogens with zero attached hydrogens (tertiary/aromatic N) is 2. The van der Waals surface area contributed by atoms with Gasteiger partial charge in [-0.25, -0.2) is 0 Å². The molecule has 1 aromatic rings. The van der Waals surface area contributed by atoms with Crippen LogP contribution >= 0.6 is 0 Å². The normalized spacial score (nSPS) is 33.5. The van der Waals surface area contributed by atoms with E-state index >= 15 is 0 Å². The Bertz CT molecular complexity index is 757. The van der Waals surface area contributed by atoms with Crippen molar-refractivity contribution in [1.29, 1.82) is 0 Å². The quantitative estimate of drug-likeness (QED) is 0.812. The van der Waals surface area contributed by atoms with Gasteiger partial charge in [-0.05, 0) is 69.3 Å². The van der Waals surface area contributed by atoms with Gasteiger partial charge in [0, 0.05) is 28.9 Å². The third-order valence-corrected chi connectivity index (χ3v) is 7.53. The van der Waals surface area contributed by atoms with Gasteiger partial charge in [-0.15, -0.1) is 0 Å². The van der Waals surface area contributed by atoms with Crippen LogP contribution in [0.3, 0.4) is 0 Å². The molecule has 2 amide bonds. The zero-order valence-electron chi connectivity index (χ0n) is 16.1. The molecule has 1 aliphatic heterocycles. The molecule has 4 aliphatic carbocycles. The first-order valence-corrected chi connectivity index (χ1v) is 10.4. The Morgan fingerprint density at radius 2 is 1.67 bits per heavy atom. The first-order valence-electron chi connectivity index (χ1n) is 10.4. The summed E-state index contributed by atoms with van der Waals surface area (Å²) >= 11 is 0. The molecule has 0 radical (unpaired) electrons. The van der Waals surface area contributed by atoms with E-state index in [0.29, 0.717) is 11.3 Å². The standard InChI is InChI=1S/C23H28N2O2/c1-3-25(23-11-16-8-17(12-23)10-18(9-16)13-23)21(26)14-24-15(2)19-6-4-5-7-20(19)22(24)27/h4-7,16-18H,2-3,8-14H2,1H3. The summed E-state index contributed by atoms with van der Waals surface area (Å²) in [7, 11) is 0. The van der Waals surface area contributed by atoms with Crippen molar-refractivity contribution in [2.24, 2.45) is 17.8 Å². The molecule has 4 fully saturated rings. The highest BCUT2D eigenvalue weighted by atomic mass is 16.2. The third-order valence-electron chi connectivity index (χ3n) is 7.53. The second kappa shape index (κ2) is 5.95. The Morgan fingerprint density at radius 3 is 2.19 bits per heavy atom. The van der Waals surface area contributed by atoms with Gasteiger partial charge >= 0.3 is 0 Å². The highest BCUT2D eigenvalue weighted by Crippen LogP contribution is 2.57. The molecule has 0 saturated heterocycles. The number of benzene rings is 1. The molecular weight excluding hydrogens is 336 g/mol. The minimum absolute atomic E-state index is 0.0392. The van der Waals surface area contributed by atoms with Crippen LogP contribution in [0.15, 0.2) is 30.8 Å². The van der Waals surface area contributed by atoms with E-state index < -0.39 is 0 Å². The second-order valence-electron chi connectivity index (χ2n) is 9.16. The van der Waals surface area contributed by atoms with Crippen molar-refractivity contribution >= 4 is 17.5 Å². The van der Waals surface area contributed by atoms with E-state index in [9.17, 15) is 9.59 Å². The molecule has 4 nitrogen and oxygen atoms in total. The lowest BCUT2D eigenvalue weighted by atomic mass is 9.52. The zero-order valence-corrected chi connectivity index (χ0v) is 16.1. The van der Waals surface area contributed by atoms with Crippen LogP contribution in [0.5, 0.6) is 0 Å². The fourth-order valence-electron chi connectivity index (χ4n) is 6.89. The maximum absolute atomic E-state index is 13.4. The Labute approximate surface area is 161 Å². The Morgan fingerprint density at radius 1 is 1.11 bits per heavy atom. The second-order valence-corrected chi connectivity index (χ2v) is 9.16. The first-order chi connectivity index (χ1) is 13.0. The van der Waals surface area contributed by atoms with E-state index in [0.717, 1.165) is 49.1 Å². The van der Waals surface area contributed by atoms with E-state index in [2.05, 4.69) is 18.4 Å². The molecule has 142 valence electrons. The molecule has 5 aliphatic rings. The molecule has 4 heteroatoms. The largest absolute Gasteiger partial charge is 0.336 e. The average Bonchev–Trinajstić information content (AvgIpc) is 2.86. The lowest BCUT2D eigenvalue weighted by Gasteiger charge is -2.60. The van der Waals surface area contributed by atoms with Crippen LogP contribution in [0, 0.1) is 17.8 Å². The van der Waals surface area contributed by atoms with Crippen molar-refractivity contribution in [2.75, 3.05) is 13.1 Å². The predicted octanol–water partition coefficient (Wildman–Crippen LogP) is 3.93. The average molecular weight is 364 g/mol. The number of carbonyl (C=O) groups excluding carboxylic acids is 2. The number of hydrogen-bond acceptors (Lipinski definition) is 2. The number of carbonyl (C=O) groups is 2. The zero-order chi connectivity index (χ0) is 18.8. The molecule has 4 bridgehead atoms. The van der Waals surface area contributed by atoms with Gasteiger partial charge in [0.15, 0.2) is 0 Å². The minimum atomic E-state index is -0.0921. The lowest BCUT2D eigenvalue weighted by Crippen LogP contribution is -2.62. The van der Waals surface area contributed by atoms with Crippen LogP contribution in [0.25, 0.3) is 5.70 Å². The van der Waals surface area contributed by atoms with E-state index in [-0.39, 0.29) is 23.9 Å². The summed E-state index contributed by atoms with van der Waals surface area (Å²) in [5.41, 5.74) is 2.21. The van der Waals surface area contributed by atoms with Crippen molar-refractivity contribution < 1.29 is 9.59 Å². The molecular formula is C23H28N2O2. The third kappa shape index (κ3) is 2.49. The van der Waals surface area contributed by atoms with Crippen LogP contribution < -0.4 is 0 Å². The van der Waals surface area contributed by atoms with E-state index in [1.165, 1.54) is 19.3 Å². The van der Waals surface area contributed by atoms with Crippen LogP contribution in [0.1, 0.15) is 61.4 Å². The van der Waals surface area contributed by atoms with Gasteiger partial charge in [-0.2, -0.15) is 0 Å². The number of rotatable bonds is 4. The number of amides is 2. The number of hydrogen-bond donors (Lipinski definition) is 0. The van der Waals surface area contributed by atoms with Gasteiger partial charge in [0.2, 0.25) is 5.91 Å². The summed E-state index contributed by atoms with van der Waals surface area (Å²) < 4.78 is 0. The van der Waals surface area contributed by atoms with Gasteiger partial charge in [-0.3, -0.25) is 14.5 Å². The van der Waals surface area contributed by atoms with Crippen molar-refractivity contribution in [3.8, 4) is 0 Å².